The summed E-state index contributed by atoms with van der Waals surface area (Å²) in [7, 11) is 0. The standard InChI is InChI=1S/C13H15NO3/c1-2-7-17-8-6-13(16)14-12-5-3-4-11(9-12)10-15/h1,3-5,9,15H,6-8,10H2,(H,14,16). The van der Waals surface area contributed by atoms with Crippen LogP contribution in [0.2, 0.25) is 0 Å². The highest BCUT2D eigenvalue weighted by Gasteiger charge is 2.02. The monoisotopic (exact) mass is 233 g/mol. The van der Waals surface area contributed by atoms with Crippen LogP contribution >= 0.6 is 0 Å². The van der Waals surface area contributed by atoms with E-state index in [1.165, 1.54) is 0 Å². The topological polar surface area (TPSA) is 58.6 Å². The molecule has 0 aliphatic heterocycles. The Labute approximate surface area is 101 Å². The van der Waals surface area contributed by atoms with E-state index in [1.54, 1.807) is 24.3 Å². The van der Waals surface area contributed by atoms with Crippen molar-refractivity contribution in [1.29, 1.82) is 0 Å². The Bertz CT molecular complexity index is 409. The average molecular weight is 233 g/mol. The summed E-state index contributed by atoms with van der Waals surface area (Å²) < 4.78 is 5.00. The minimum absolute atomic E-state index is 0.0466. The van der Waals surface area contributed by atoms with Crippen molar-refractivity contribution in [3.8, 4) is 12.3 Å². The fraction of sp³-hybridized carbons (Fsp3) is 0.308. The first-order chi connectivity index (χ1) is 8.26. The molecular weight excluding hydrogens is 218 g/mol. The van der Waals surface area contributed by atoms with Crippen LogP contribution in [-0.4, -0.2) is 24.2 Å². The van der Waals surface area contributed by atoms with E-state index in [0.29, 0.717) is 12.3 Å². The summed E-state index contributed by atoms with van der Waals surface area (Å²) in [6.45, 7) is 0.470. The summed E-state index contributed by atoms with van der Waals surface area (Å²) >= 11 is 0. The van der Waals surface area contributed by atoms with Gasteiger partial charge < -0.3 is 15.2 Å². The fourth-order valence-electron chi connectivity index (χ4n) is 1.27. The van der Waals surface area contributed by atoms with Crippen molar-refractivity contribution in [3.05, 3.63) is 29.8 Å². The molecule has 0 aromatic heterocycles. The van der Waals surface area contributed by atoms with Crippen LogP contribution in [0.4, 0.5) is 5.69 Å². The summed E-state index contributed by atoms with van der Waals surface area (Å²) in [5.74, 6) is 2.18. The Morgan fingerprint density at radius 1 is 1.53 bits per heavy atom. The van der Waals surface area contributed by atoms with Gasteiger partial charge in [-0.15, -0.1) is 6.42 Å². The normalized spacial score (nSPS) is 9.65. The number of aliphatic hydroxyl groups is 1. The maximum absolute atomic E-state index is 11.5. The van der Waals surface area contributed by atoms with Gasteiger partial charge in [0.25, 0.3) is 0 Å². The molecule has 0 bridgehead atoms. The Kier molecular flexibility index (Phi) is 5.80. The van der Waals surface area contributed by atoms with E-state index in [4.69, 9.17) is 16.3 Å². The molecular formula is C13H15NO3. The number of benzene rings is 1. The molecule has 0 unspecified atom stereocenters. The minimum atomic E-state index is -0.142. The number of terminal acetylenes is 1. The van der Waals surface area contributed by atoms with Crippen LogP contribution in [0.1, 0.15) is 12.0 Å². The second kappa shape index (κ2) is 7.44. The molecule has 1 rings (SSSR count). The van der Waals surface area contributed by atoms with Gasteiger partial charge in [0.15, 0.2) is 0 Å². The summed E-state index contributed by atoms with van der Waals surface area (Å²) in [5, 5.41) is 11.7. The molecule has 17 heavy (non-hydrogen) atoms. The fourth-order valence-corrected chi connectivity index (χ4v) is 1.27. The van der Waals surface area contributed by atoms with E-state index >= 15 is 0 Å². The van der Waals surface area contributed by atoms with Gasteiger partial charge in [-0.2, -0.15) is 0 Å². The van der Waals surface area contributed by atoms with Crippen molar-refractivity contribution in [2.24, 2.45) is 0 Å². The second-order valence-corrected chi connectivity index (χ2v) is 3.41. The molecule has 0 saturated carbocycles. The zero-order valence-electron chi connectivity index (χ0n) is 9.48. The highest BCUT2D eigenvalue weighted by Crippen LogP contribution is 2.10. The van der Waals surface area contributed by atoms with Crippen molar-refractivity contribution in [2.45, 2.75) is 13.0 Å². The number of anilines is 1. The molecule has 0 heterocycles. The number of hydrogen-bond donors (Lipinski definition) is 2. The zero-order valence-corrected chi connectivity index (χ0v) is 9.48. The van der Waals surface area contributed by atoms with Crippen LogP contribution in [0, 0.1) is 12.3 Å². The van der Waals surface area contributed by atoms with Gasteiger partial charge in [-0.05, 0) is 17.7 Å². The minimum Gasteiger partial charge on any atom is -0.392 e. The number of ether oxygens (including phenoxy) is 1. The van der Waals surface area contributed by atoms with E-state index in [1.807, 2.05) is 0 Å². The number of carbonyl (C=O) groups excluding carboxylic acids is 1. The molecule has 4 heteroatoms. The van der Waals surface area contributed by atoms with Crippen LogP contribution in [0.3, 0.4) is 0 Å². The van der Waals surface area contributed by atoms with Gasteiger partial charge in [0.1, 0.15) is 6.61 Å². The third kappa shape index (κ3) is 5.16. The van der Waals surface area contributed by atoms with Crippen molar-refractivity contribution >= 4 is 11.6 Å². The quantitative estimate of drug-likeness (QED) is 0.572. The van der Waals surface area contributed by atoms with Gasteiger partial charge in [0.2, 0.25) is 5.91 Å². The lowest BCUT2D eigenvalue weighted by atomic mass is 10.2. The average Bonchev–Trinajstić information content (AvgIpc) is 2.35. The predicted octanol–water partition coefficient (Wildman–Crippen LogP) is 1.16. The largest absolute Gasteiger partial charge is 0.392 e. The Balaban J connectivity index is 2.37. The second-order valence-electron chi connectivity index (χ2n) is 3.41. The molecule has 0 spiro atoms. The molecule has 90 valence electrons. The lowest BCUT2D eigenvalue weighted by Crippen LogP contribution is -2.14. The number of nitrogens with one attached hydrogen (secondary N) is 1. The van der Waals surface area contributed by atoms with Crippen molar-refractivity contribution in [1.82, 2.24) is 0 Å². The first-order valence-electron chi connectivity index (χ1n) is 5.27. The van der Waals surface area contributed by atoms with Gasteiger partial charge in [0.05, 0.1) is 19.6 Å². The van der Waals surface area contributed by atoms with Gasteiger partial charge in [0, 0.05) is 5.69 Å². The van der Waals surface area contributed by atoms with E-state index in [9.17, 15) is 4.79 Å². The Morgan fingerprint density at radius 3 is 3.06 bits per heavy atom. The molecule has 2 N–H and O–H groups in total. The van der Waals surface area contributed by atoms with Crippen LogP contribution < -0.4 is 5.32 Å². The number of rotatable bonds is 6. The summed E-state index contributed by atoms with van der Waals surface area (Å²) in [6.07, 6.45) is 5.26. The molecule has 0 fully saturated rings. The van der Waals surface area contributed by atoms with Crippen LogP contribution in [-0.2, 0) is 16.1 Å². The number of aliphatic hydroxyl groups excluding tert-OH is 1. The van der Waals surface area contributed by atoms with E-state index < -0.39 is 0 Å². The van der Waals surface area contributed by atoms with Crippen LogP contribution in [0.5, 0.6) is 0 Å². The summed E-state index contributed by atoms with van der Waals surface area (Å²) in [5.41, 5.74) is 1.42. The molecule has 1 amide bonds. The maximum atomic E-state index is 11.5. The highest BCUT2D eigenvalue weighted by atomic mass is 16.5. The van der Waals surface area contributed by atoms with Gasteiger partial charge in [-0.1, -0.05) is 18.1 Å². The molecule has 1 aromatic carbocycles. The van der Waals surface area contributed by atoms with Crippen LogP contribution in [0.25, 0.3) is 0 Å². The van der Waals surface area contributed by atoms with Gasteiger partial charge >= 0.3 is 0 Å². The predicted molar refractivity (Wildman–Crippen MR) is 65.3 cm³/mol. The van der Waals surface area contributed by atoms with E-state index in [-0.39, 0.29) is 25.5 Å². The zero-order chi connectivity index (χ0) is 12.5. The van der Waals surface area contributed by atoms with Crippen molar-refractivity contribution in [2.75, 3.05) is 18.5 Å². The van der Waals surface area contributed by atoms with E-state index in [0.717, 1.165) is 5.56 Å². The van der Waals surface area contributed by atoms with Crippen LogP contribution in [0.15, 0.2) is 24.3 Å². The smallest absolute Gasteiger partial charge is 0.226 e. The third-order valence-corrected chi connectivity index (χ3v) is 2.05. The first kappa shape index (κ1) is 13.2. The molecule has 0 aliphatic carbocycles. The molecule has 0 saturated heterocycles. The van der Waals surface area contributed by atoms with E-state index in [2.05, 4.69) is 11.2 Å². The molecule has 0 atom stereocenters. The Morgan fingerprint density at radius 2 is 2.35 bits per heavy atom. The van der Waals surface area contributed by atoms with Gasteiger partial charge in [-0.3, -0.25) is 4.79 Å². The molecule has 0 aliphatic rings. The first-order valence-corrected chi connectivity index (χ1v) is 5.27. The van der Waals surface area contributed by atoms with Crippen molar-refractivity contribution in [3.63, 3.8) is 0 Å². The molecule has 1 aromatic rings. The maximum Gasteiger partial charge on any atom is 0.226 e. The number of hydrogen-bond acceptors (Lipinski definition) is 3. The third-order valence-electron chi connectivity index (χ3n) is 2.05. The highest BCUT2D eigenvalue weighted by molar-refractivity contribution is 5.90. The molecule has 4 nitrogen and oxygen atoms in total. The lowest BCUT2D eigenvalue weighted by Gasteiger charge is -2.06. The lowest BCUT2D eigenvalue weighted by molar-refractivity contribution is -0.117. The number of carbonyl (C=O) groups is 1. The van der Waals surface area contributed by atoms with Gasteiger partial charge in [-0.25, -0.2) is 0 Å². The Hall–Kier alpha value is -1.83. The van der Waals surface area contributed by atoms with Crippen molar-refractivity contribution < 1.29 is 14.6 Å². The SMILES string of the molecule is C#CCOCCC(=O)Nc1cccc(CO)c1. The summed E-state index contributed by atoms with van der Waals surface area (Å²) in [6, 6.07) is 7.04. The summed E-state index contributed by atoms with van der Waals surface area (Å²) in [4.78, 5) is 11.5. The molecule has 0 radical (unpaired) electrons. The number of amides is 1.